The van der Waals surface area contributed by atoms with Crippen LogP contribution in [-0.2, 0) is 0 Å². The fraction of sp³-hybridized carbons (Fsp3) is 0. The number of hydrogen-bond donors (Lipinski definition) is 1. The molecular formula is C15H10N2S. The fourth-order valence-electron chi connectivity index (χ4n) is 2.32. The van der Waals surface area contributed by atoms with E-state index in [9.17, 15) is 0 Å². The van der Waals surface area contributed by atoms with Gasteiger partial charge in [-0.25, -0.2) is 4.98 Å². The Balaban J connectivity index is 2.04. The SMILES string of the molecule is c1ccc2[nH]c(-c3cccc4scnc34)cc2c1. The molecule has 2 nitrogen and oxygen atoms in total. The highest BCUT2D eigenvalue weighted by atomic mass is 32.1. The van der Waals surface area contributed by atoms with Gasteiger partial charge in [-0.3, -0.25) is 0 Å². The third-order valence-corrected chi connectivity index (χ3v) is 3.97. The van der Waals surface area contributed by atoms with Crippen LogP contribution in [0.2, 0.25) is 0 Å². The van der Waals surface area contributed by atoms with Crippen molar-refractivity contribution in [1.29, 1.82) is 0 Å². The molecule has 0 saturated heterocycles. The molecule has 2 aromatic heterocycles. The minimum atomic E-state index is 1.08. The number of fused-ring (bicyclic) bond motifs is 2. The zero-order valence-corrected chi connectivity index (χ0v) is 10.4. The van der Waals surface area contributed by atoms with Gasteiger partial charge in [0.05, 0.1) is 15.7 Å². The summed E-state index contributed by atoms with van der Waals surface area (Å²) in [6.45, 7) is 0. The lowest BCUT2D eigenvalue weighted by molar-refractivity contribution is 1.44. The molecular weight excluding hydrogens is 240 g/mol. The van der Waals surface area contributed by atoms with Crippen LogP contribution in [0.25, 0.3) is 32.4 Å². The minimum Gasteiger partial charge on any atom is -0.354 e. The number of para-hydroxylation sites is 2. The number of benzene rings is 2. The van der Waals surface area contributed by atoms with Crippen molar-refractivity contribution in [1.82, 2.24) is 9.97 Å². The molecule has 86 valence electrons. The van der Waals surface area contributed by atoms with Crippen molar-refractivity contribution in [2.75, 3.05) is 0 Å². The second kappa shape index (κ2) is 3.68. The van der Waals surface area contributed by atoms with Crippen LogP contribution < -0.4 is 0 Å². The molecule has 0 amide bonds. The van der Waals surface area contributed by atoms with Crippen LogP contribution in [0.3, 0.4) is 0 Å². The molecule has 0 radical (unpaired) electrons. The first-order chi connectivity index (χ1) is 8.92. The van der Waals surface area contributed by atoms with Crippen molar-refractivity contribution >= 4 is 32.5 Å². The highest BCUT2D eigenvalue weighted by molar-refractivity contribution is 7.16. The van der Waals surface area contributed by atoms with Crippen LogP contribution >= 0.6 is 11.3 Å². The summed E-state index contributed by atoms with van der Waals surface area (Å²) in [7, 11) is 0. The zero-order valence-electron chi connectivity index (χ0n) is 9.55. The topological polar surface area (TPSA) is 28.7 Å². The van der Waals surface area contributed by atoms with Crippen molar-refractivity contribution in [2.24, 2.45) is 0 Å². The highest BCUT2D eigenvalue weighted by Gasteiger charge is 2.08. The van der Waals surface area contributed by atoms with Gasteiger partial charge in [0, 0.05) is 22.2 Å². The first-order valence-corrected chi connectivity index (χ1v) is 6.70. The summed E-state index contributed by atoms with van der Waals surface area (Å²) in [5.41, 5.74) is 6.45. The maximum atomic E-state index is 4.46. The summed E-state index contributed by atoms with van der Waals surface area (Å²) >= 11 is 1.68. The van der Waals surface area contributed by atoms with Crippen LogP contribution in [0.15, 0.2) is 54.0 Å². The van der Waals surface area contributed by atoms with Crippen molar-refractivity contribution < 1.29 is 0 Å². The molecule has 1 N–H and O–H groups in total. The molecule has 0 atom stereocenters. The van der Waals surface area contributed by atoms with Gasteiger partial charge >= 0.3 is 0 Å². The standard InChI is InChI=1S/C15H10N2S/c1-2-6-12-10(4-1)8-13(17-12)11-5-3-7-14-15(11)16-9-18-14/h1-9,17H. The predicted octanol–water partition coefficient (Wildman–Crippen LogP) is 4.44. The van der Waals surface area contributed by atoms with E-state index in [1.165, 1.54) is 21.2 Å². The Labute approximate surface area is 108 Å². The van der Waals surface area contributed by atoms with Gasteiger partial charge in [-0.1, -0.05) is 30.3 Å². The number of nitrogens with zero attached hydrogens (tertiary/aromatic N) is 1. The number of H-pyrrole nitrogens is 1. The van der Waals surface area contributed by atoms with E-state index in [4.69, 9.17) is 0 Å². The molecule has 0 bridgehead atoms. The summed E-state index contributed by atoms with van der Waals surface area (Å²) in [5.74, 6) is 0. The van der Waals surface area contributed by atoms with Crippen LogP contribution in [0.5, 0.6) is 0 Å². The predicted molar refractivity (Wildman–Crippen MR) is 76.9 cm³/mol. The van der Waals surface area contributed by atoms with Crippen LogP contribution in [-0.4, -0.2) is 9.97 Å². The number of aromatic nitrogens is 2. The molecule has 3 heteroatoms. The number of aromatic amines is 1. The van der Waals surface area contributed by atoms with Crippen molar-refractivity contribution in [3.8, 4) is 11.3 Å². The van der Waals surface area contributed by atoms with E-state index in [-0.39, 0.29) is 0 Å². The van der Waals surface area contributed by atoms with E-state index in [2.05, 4.69) is 52.4 Å². The summed E-state index contributed by atoms with van der Waals surface area (Å²) in [6.07, 6.45) is 0. The first-order valence-electron chi connectivity index (χ1n) is 5.82. The molecule has 4 aromatic rings. The third kappa shape index (κ3) is 1.38. The monoisotopic (exact) mass is 250 g/mol. The molecule has 0 unspecified atom stereocenters. The Hall–Kier alpha value is -2.13. The second-order valence-corrected chi connectivity index (χ2v) is 5.16. The van der Waals surface area contributed by atoms with E-state index < -0.39 is 0 Å². The maximum absolute atomic E-state index is 4.46. The lowest BCUT2D eigenvalue weighted by Crippen LogP contribution is -1.79. The molecule has 0 aliphatic rings. The van der Waals surface area contributed by atoms with Gasteiger partial charge < -0.3 is 4.98 Å². The quantitative estimate of drug-likeness (QED) is 0.531. The molecule has 2 heterocycles. The van der Waals surface area contributed by atoms with Crippen LogP contribution in [0, 0.1) is 0 Å². The van der Waals surface area contributed by atoms with Gasteiger partial charge in [-0.2, -0.15) is 0 Å². The Morgan fingerprint density at radius 1 is 1.00 bits per heavy atom. The number of thiazole rings is 1. The highest BCUT2D eigenvalue weighted by Crippen LogP contribution is 2.31. The van der Waals surface area contributed by atoms with Gasteiger partial charge in [0.15, 0.2) is 0 Å². The number of nitrogens with one attached hydrogen (secondary N) is 1. The van der Waals surface area contributed by atoms with Gasteiger partial charge in [0.1, 0.15) is 0 Å². The van der Waals surface area contributed by atoms with Crippen LogP contribution in [0.1, 0.15) is 0 Å². The summed E-state index contributed by atoms with van der Waals surface area (Å²) < 4.78 is 1.23. The normalized spacial score (nSPS) is 11.3. The summed E-state index contributed by atoms with van der Waals surface area (Å²) in [5, 5.41) is 1.24. The minimum absolute atomic E-state index is 1.08. The Kier molecular flexibility index (Phi) is 2.02. The van der Waals surface area contributed by atoms with E-state index >= 15 is 0 Å². The third-order valence-electron chi connectivity index (χ3n) is 3.18. The smallest absolute Gasteiger partial charge is 0.0905 e. The fourth-order valence-corrected chi connectivity index (χ4v) is 3.03. The molecule has 4 rings (SSSR count). The molecule has 0 aliphatic carbocycles. The van der Waals surface area contributed by atoms with E-state index in [0.717, 1.165) is 11.2 Å². The molecule has 0 fully saturated rings. The zero-order chi connectivity index (χ0) is 11.9. The van der Waals surface area contributed by atoms with Gasteiger partial charge in [-0.05, 0) is 18.2 Å². The average molecular weight is 250 g/mol. The second-order valence-electron chi connectivity index (χ2n) is 4.27. The Morgan fingerprint density at radius 2 is 1.94 bits per heavy atom. The van der Waals surface area contributed by atoms with E-state index in [1.54, 1.807) is 11.3 Å². The van der Waals surface area contributed by atoms with E-state index in [1.807, 2.05) is 11.6 Å². The van der Waals surface area contributed by atoms with Gasteiger partial charge in [-0.15, -0.1) is 11.3 Å². The van der Waals surface area contributed by atoms with Crippen molar-refractivity contribution in [3.05, 3.63) is 54.0 Å². The molecule has 2 aromatic carbocycles. The lowest BCUT2D eigenvalue weighted by Gasteiger charge is -1.98. The van der Waals surface area contributed by atoms with Gasteiger partial charge in [0.25, 0.3) is 0 Å². The number of rotatable bonds is 1. The van der Waals surface area contributed by atoms with Crippen LogP contribution in [0.4, 0.5) is 0 Å². The van der Waals surface area contributed by atoms with E-state index in [0.29, 0.717) is 0 Å². The Morgan fingerprint density at radius 3 is 2.89 bits per heavy atom. The van der Waals surface area contributed by atoms with Crippen molar-refractivity contribution in [2.45, 2.75) is 0 Å². The molecule has 0 spiro atoms. The largest absolute Gasteiger partial charge is 0.354 e. The first kappa shape index (κ1) is 9.85. The number of hydrogen-bond acceptors (Lipinski definition) is 2. The van der Waals surface area contributed by atoms with Crippen molar-refractivity contribution in [3.63, 3.8) is 0 Å². The molecule has 0 saturated carbocycles. The summed E-state index contributed by atoms with van der Waals surface area (Å²) in [6, 6.07) is 16.8. The van der Waals surface area contributed by atoms with Gasteiger partial charge in [0.2, 0.25) is 0 Å². The lowest BCUT2D eigenvalue weighted by atomic mass is 10.1. The Bertz CT molecular complexity index is 809. The molecule has 0 aliphatic heterocycles. The summed E-state index contributed by atoms with van der Waals surface area (Å²) in [4.78, 5) is 7.92. The maximum Gasteiger partial charge on any atom is 0.0905 e. The average Bonchev–Trinajstić information content (AvgIpc) is 3.04. The molecule has 18 heavy (non-hydrogen) atoms.